The summed E-state index contributed by atoms with van der Waals surface area (Å²) in [6.45, 7) is 4.35. The van der Waals surface area contributed by atoms with Crippen molar-refractivity contribution in [2.75, 3.05) is 13.1 Å². The number of likely N-dealkylation sites (tertiary alicyclic amines) is 1. The molecular formula is C12H19N3. The molecule has 1 aliphatic rings. The zero-order chi connectivity index (χ0) is 10.7. The minimum Gasteiger partial charge on any atom is -0.327 e. The van der Waals surface area contributed by atoms with Gasteiger partial charge in [-0.3, -0.25) is 9.88 Å². The molecule has 0 radical (unpaired) electrons. The molecule has 2 rings (SSSR count). The Morgan fingerprint density at radius 1 is 1.53 bits per heavy atom. The first-order chi connectivity index (χ1) is 7.27. The summed E-state index contributed by atoms with van der Waals surface area (Å²) in [4.78, 5) is 6.82. The molecule has 0 amide bonds. The largest absolute Gasteiger partial charge is 0.327 e. The molecule has 0 aliphatic carbocycles. The lowest BCUT2D eigenvalue weighted by Gasteiger charge is -2.35. The molecule has 0 saturated carbocycles. The molecule has 0 spiro atoms. The lowest BCUT2D eigenvalue weighted by molar-refractivity contribution is 0.157. The lowest BCUT2D eigenvalue weighted by Crippen LogP contribution is -2.43. The fourth-order valence-corrected chi connectivity index (χ4v) is 2.20. The number of rotatable bonds is 2. The maximum Gasteiger partial charge on any atom is 0.0572 e. The number of hydrogen-bond acceptors (Lipinski definition) is 3. The van der Waals surface area contributed by atoms with Crippen LogP contribution in [0.5, 0.6) is 0 Å². The van der Waals surface area contributed by atoms with Gasteiger partial charge in [-0.15, -0.1) is 0 Å². The molecule has 0 aromatic carbocycles. The van der Waals surface area contributed by atoms with Crippen molar-refractivity contribution in [1.82, 2.24) is 9.88 Å². The van der Waals surface area contributed by atoms with E-state index in [9.17, 15) is 0 Å². The molecule has 1 fully saturated rings. The van der Waals surface area contributed by atoms with Crippen molar-refractivity contribution in [3.63, 3.8) is 0 Å². The van der Waals surface area contributed by atoms with Crippen LogP contribution in [-0.4, -0.2) is 29.0 Å². The van der Waals surface area contributed by atoms with Crippen molar-refractivity contribution in [3.8, 4) is 0 Å². The summed E-state index contributed by atoms with van der Waals surface area (Å²) in [5.74, 6) is 0. The van der Waals surface area contributed by atoms with E-state index in [1.807, 2.05) is 18.3 Å². The molecule has 1 aromatic heterocycles. The highest BCUT2D eigenvalue weighted by Gasteiger charge is 2.22. The van der Waals surface area contributed by atoms with Crippen LogP contribution in [0.25, 0.3) is 0 Å². The topological polar surface area (TPSA) is 42.2 Å². The van der Waals surface area contributed by atoms with Crippen molar-refractivity contribution < 1.29 is 0 Å². The maximum absolute atomic E-state index is 5.98. The summed E-state index contributed by atoms with van der Waals surface area (Å²) in [5.41, 5.74) is 7.12. The normalized spacial score (nSPS) is 25.1. The smallest absolute Gasteiger partial charge is 0.0572 e. The average molecular weight is 205 g/mol. The molecule has 2 N–H and O–H groups in total. The molecule has 1 aliphatic heterocycles. The van der Waals surface area contributed by atoms with E-state index in [1.54, 1.807) is 0 Å². The van der Waals surface area contributed by atoms with E-state index in [2.05, 4.69) is 22.9 Å². The van der Waals surface area contributed by atoms with Gasteiger partial charge in [-0.2, -0.15) is 0 Å². The predicted octanol–water partition coefficient (Wildman–Crippen LogP) is 1.57. The van der Waals surface area contributed by atoms with E-state index in [0.717, 1.165) is 25.2 Å². The summed E-state index contributed by atoms with van der Waals surface area (Å²) in [5, 5.41) is 0. The zero-order valence-corrected chi connectivity index (χ0v) is 9.26. The van der Waals surface area contributed by atoms with Crippen molar-refractivity contribution in [3.05, 3.63) is 30.1 Å². The molecule has 1 aromatic rings. The lowest BCUT2D eigenvalue weighted by atomic mass is 10.0. The van der Waals surface area contributed by atoms with Crippen LogP contribution < -0.4 is 5.73 Å². The van der Waals surface area contributed by atoms with E-state index in [4.69, 9.17) is 5.73 Å². The number of pyridine rings is 1. The van der Waals surface area contributed by atoms with E-state index in [0.29, 0.717) is 12.1 Å². The maximum atomic E-state index is 5.98. The highest BCUT2D eigenvalue weighted by Crippen LogP contribution is 2.21. The van der Waals surface area contributed by atoms with Gasteiger partial charge < -0.3 is 5.73 Å². The summed E-state index contributed by atoms with van der Waals surface area (Å²) in [6.07, 6.45) is 4.22. The van der Waals surface area contributed by atoms with Crippen molar-refractivity contribution in [2.45, 2.75) is 31.8 Å². The van der Waals surface area contributed by atoms with Gasteiger partial charge in [-0.05, 0) is 38.4 Å². The Hall–Kier alpha value is -0.930. The second-order valence-electron chi connectivity index (χ2n) is 4.33. The predicted molar refractivity (Wildman–Crippen MR) is 61.4 cm³/mol. The van der Waals surface area contributed by atoms with E-state index >= 15 is 0 Å². The standard InChI is InChI=1S/C12H19N3/c1-10(12-6-2-3-7-14-12)15-8-4-5-11(13)9-15/h2-3,6-7,10-11H,4-5,8-9,13H2,1H3. The molecular weight excluding hydrogens is 186 g/mol. The van der Waals surface area contributed by atoms with Gasteiger partial charge in [0.2, 0.25) is 0 Å². The molecule has 0 bridgehead atoms. The third-order valence-corrected chi connectivity index (χ3v) is 3.15. The van der Waals surface area contributed by atoms with Crippen LogP contribution in [0.15, 0.2) is 24.4 Å². The molecule has 15 heavy (non-hydrogen) atoms. The van der Waals surface area contributed by atoms with Crippen molar-refractivity contribution in [2.24, 2.45) is 5.73 Å². The SMILES string of the molecule is CC(c1ccccn1)N1CCCC(N)C1. The fourth-order valence-electron chi connectivity index (χ4n) is 2.20. The molecule has 3 heteroatoms. The van der Waals surface area contributed by atoms with E-state index in [1.165, 1.54) is 6.42 Å². The van der Waals surface area contributed by atoms with Crippen LogP contribution in [0, 0.1) is 0 Å². The molecule has 2 heterocycles. The summed E-state index contributed by atoms with van der Waals surface area (Å²) >= 11 is 0. The summed E-state index contributed by atoms with van der Waals surface area (Å²) in [6, 6.07) is 6.81. The third-order valence-electron chi connectivity index (χ3n) is 3.15. The Balaban J connectivity index is 2.04. The van der Waals surface area contributed by atoms with Crippen molar-refractivity contribution >= 4 is 0 Å². The molecule has 3 nitrogen and oxygen atoms in total. The Bertz CT molecular complexity index is 299. The van der Waals surface area contributed by atoms with E-state index < -0.39 is 0 Å². The second kappa shape index (κ2) is 4.73. The van der Waals surface area contributed by atoms with Crippen LogP contribution in [0.4, 0.5) is 0 Å². The van der Waals surface area contributed by atoms with Gasteiger partial charge in [0.1, 0.15) is 0 Å². The number of hydrogen-bond donors (Lipinski definition) is 1. The number of nitrogens with zero attached hydrogens (tertiary/aromatic N) is 2. The minimum absolute atomic E-state index is 0.338. The minimum atomic E-state index is 0.338. The van der Waals surface area contributed by atoms with Crippen LogP contribution in [-0.2, 0) is 0 Å². The highest BCUT2D eigenvalue weighted by atomic mass is 15.2. The zero-order valence-electron chi connectivity index (χ0n) is 9.26. The molecule has 2 atom stereocenters. The summed E-state index contributed by atoms with van der Waals surface area (Å²) in [7, 11) is 0. The monoisotopic (exact) mass is 205 g/mol. The molecule has 82 valence electrons. The second-order valence-corrected chi connectivity index (χ2v) is 4.33. The van der Waals surface area contributed by atoms with Gasteiger partial charge >= 0.3 is 0 Å². The Morgan fingerprint density at radius 2 is 2.40 bits per heavy atom. The number of piperidine rings is 1. The van der Waals surface area contributed by atoms with Crippen LogP contribution in [0.1, 0.15) is 31.5 Å². The summed E-state index contributed by atoms with van der Waals surface area (Å²) < 4.78 is 0. The highest BCUT2D eigenvalue weighted by molar-refractivity contribution is 5.08. The quantitative estimate of drug-likeness (QED) is 0.797. The molecule has 2 unspecified atom stereocenters. The Kier molecular flexibility index (Phi) is 3.34. The first kappa shape index (κ1) is 10.6. The van der Waals surface area contributed by atoms with Crippen molar-refractivity contribution in [1.29, 1.82) is 0 Å². The van der Waals surface area contributed by atoms with Crippen LogP contribution in [0.2, 0.25) is 0 Å². The average Bonchev–Trinajstić information content (AvgIpc) is 2.29. The number of aromatic nitrogens is 1. The van der Waals surface area contributed by atoms with Gasteiger partial charge in [0, 0.05) is 24.8 Å². The Labute approximate surface area is 91.3 Å². The van der Waals surface area contributed by atoms with Gasteiger partial charge in [0.05, 0.1) is 5.69 Å². The first-order valence-electron chi connectivity index (χ1n) is 5.68. The Morgan fingerprint density at radius 3 is 3.07 bits per heavy atom. The van der Waals surface area contributed by atoms with Gasteiger partial charge in [-0.25, -0.2) is 0 Å². The van der Waals surface area contributed by atoms with Gasteiger partial charge in [-0.1, -0.05) is 6.07 Å². The van der Waals surface area contributed by atoms with Crippen LogP contribution in [0.3, 0.4) is 0 Å². The molecule has 1 saturated heterocycles. The fraction of sp³-hybridized carbons (Fsp3) is 0.583. The van der Waals surface area contributed by atoms with Gasteiger partial charge in [0.25, 0.3) is 0 Å². The van der Waals surface area contributed by atoms with Gasteiger partial charge in [0.15, 0.2) is 0 Å². The van der Waals surface area contributed by atoms with E-state index in [-0.39, 0.29) is 0 Å². The first-order valence-corrected chi connectivity index (χ1v) is 5.68. The number of nitrogens with two attached hydrogens (primary N) is 1. The van der Waals surface area contributed by atoms with Crippen LogP contribution >= 0.6 is 0 Å². The third kappa shape index (κ3) is 2.55.